The maximum Gasteiger partial charge on any atom is 0.226 e. The molecule has 1 aliphatic heterocycles. The Kier molecular flexibility index (Phi) is 3.94. The first kappa shape index (κ1) is 18.2. The van der Waals surface area contributed by atoms with Crippen LogP contribution in [0.25, 0.3) is 0 Å². The number of nitrogens with zero attached hydrogens (tertiary/aromatic N) is 1. The number of carbonyl (C=O) groups is 1. The highest BCUT2D eigenvalue weighted by Crippen LogP contribution is 2.74. The lowest BCUT2D eigenvalue weighted by molar-refractivity contribution is -0.160. The van der Waals surface area contributed by atoms with E-state index in [9.17, 15) is 4.79 Å². The number of hydrogen-bond acceptors (Lipinski definition) is 2. The summed E-state index contributed by atoms with van der Waals surface area (Å²) in [6, 6.07) is 0.619. The molecular formula is C24H38N2O. The highest BCUT2D eigenvalue weighted by atomic mass is 16.2. The average molecular weight is 371 g/mol. The van der Waals surface area contributed by atoms with Crippen molar-refractivity contribution in [3.8, 4) is 0 Å². The van der Waals surface area contributed by atoms with Crippen LogP contribution in [0.15, 0.2) is 11.6 Å². The van der Waals surface area contributed by atoms with E-state index in [-0.39, 0.29) is 10.8 Å². The van der Waals surface area contributed by atoms with Crippen molar-refractivity contribution >= 4 is 5.91 Å². The lowest BCUT2D eigenvalue weighted by atomic mass is 9.41. The first-order valence-electron chi connectivity index (χ1n) is 11.5. The molecule has 4 fully saturated rings. The van der Waals surface area contributed by atoms with Crippen LogP contribution in [0.3, 0.4) is 0 Å². The normalized spacial score (nSPS) is 51.6. The number of allylic oxidation sites excluding steroid dienone is 2. The lowest BCUT2D eigenvalue weighted by Crippen LogP contribution is -2.62. The summed E-state index contributed by atoms with van der Waals surface area (Å²) in [6.07, 6.45) is 14.1. The predicted molar refractivity (Wildman–Crippen MR) is 109 cm³/mol. The minimum atomic E-state index is -0.142. The van der Waals surface area contributed by atoms with E-state index in [1.165, 1.54) is 44.9 Å². The van der Waals surface area contributed by atoms with Gasteiger partial charge in [0.05, 0.1) is 5.41 Å². The zero-order valence-corrected chi connectivity index (χ0v) is 17.8. The van der Waals surface area contributed by atoms with Crippen molar-refractivity contribution in [3.05, 3.63) is 11.6 Å². The summed E-state index contributed by atoms with van der Waals surface area (Å²) in [4.78, 5) is 16.3. The molecule has 0 aromatic rings. The second-order valence-corrected chi connectivity index (χ2v) is 10.8. The lowest BCUT2D eigenvalue weighted by Gasteiger charge is -2.62. The molecule has 0 aromatic carbocycles. The monoisotopic (exact) mass is 370 g/mol. The molecule has 7 atom stereocenters. The van der Waals surface area contributed by atoms with Gasteiger partial charge in [0.25, 0.3) is 0 Å². The zero-order chi connectivity index (χ0) is 19.0. The van der Waals surface area contributed by atoms with Crippen molar-refractivity contribution in [2.75, 3.05) is 20.6 Å². The Labute approximate surface area is 165 Å². The Hall–Kier alpha value is -0.830. The summed E-state index contributed by atoms with van der Waals surface area (Å²) in [5.74, 6) is 2.33. The number of fused-ring (bicyclic) bond motifs is 4. The van der Waals surface area contributed by atoms with Gasteiger partial charge in [0.1, 0.15) is 0 Å². The minimum absolute atomic E-state index is 0.142. The van der Waals surface area contributed by atoms with Crippen molar-refractivity contribution in [2.45, 2.75) is 77.7 Å². The van der Waals surface area contributed by atoms with E-state index in [1.807, 2.05) is 7.05 Å². The first-order valence-corrected chi connectivity index (χ1v) is 11.5. The Morgan fingerprint density at radius 1 is 1.15 bits per heavy atom. The summed E-state index contributed by atoms with van der Waals surface area (Å²) in [5.41, 5.74) is 2.16. The summed E-state index contributed by atoms with van der Waals surface area (Å²) in [5, 5.41) is 3.17. The van der Waals surface area contributed by atoms with Crippen molar-refractivity contribution < 1.29 is 4.79 Å². The summed E-state index contributed by atoms with van der Waals surface area (Å²) < 4.78 is 0. The van der Waals surface area contributed by atoms with Crippen LogP contribution in [0.1, 0.15) is 71.6 Å². The molecule has 0 aromatic heterocycles. The molecular weight excluding hydrogens is 332 g/mol. The van der Waals surface area contributed by atoms with Crippen LogP contribution in [0.4, 0.5) is 0 Å². The maximum absolute atomic E-state index is 13.7. The van der Waals surface area contributed by atoms with Crippen molar-refractivity contribution in [1.29, 1.82) is 0 Å². The average Bonchev–Trinajstić information content (AvgIpc) is 3.12. The molecule has 1 heterocycles. The molecule has 1 amide bonds. The third-order valence-electron chi connectivity index (χ3n) is 10.5. The highest BCUT2D eigenvalue weighted by molar-refractivity contribution is 5.85. The molecule has 27 heavy (non-hydrogen) atoms. The molecule has 0 bridgehead atoms. The Morgan fingerprint density at radius 2 is 1.93 bits per heavy atom. The molecule has 1 N–H and O–H groups in total. The fourth-order valence-electron chi connectivity index (χ4n) is 9.24. The zero-order valence-electron chi connectivity index (χ0n) is 17.8. The van der Waals surface area contributed by atoms with Crippen molar-refractivity contribution in [3.63, 3.8) is 0 Å². The number of rotatable bonds is 1. The van der Waals surface area contributed by atoms with E-state index in [0.717, 1.165) is 19.4 Å². The van der Waals surface area contributed by atoms with Crippen LogP contribution < -0.4 is 5.32 Å². The van der Waals surface area contributed by atoms with E-state index < -0.39 is 0 Å². The molecule has 3 heteroatoms. The largest absolute Gasteiger partial charge is 0.359 e. The van der Waals surface area contributed by atoms with Crippen LogP contribution >= 0.6 is 0 Å². The number of likely N-dealkylation sites (tertiary alicyclic amines) is 1. The second-order valence-electron chi connectivity index (χ2n) is 10.8. The van der Waals surface area contributed by atoms with Gasteiger partial charge in [0.2, 0.25) is 5.91 Å². The highest BCUT2D eigenvalue weighted by Gasteiger charge is 2.73. The van der Waals surface area contributed by atoms with E-state index in [1.54, 1.807) is 5.57 Å². The Bertz CT molecular complexity index is 686. The molecule has 7 unspecified atom stereocenters. The molecule has 4 aliphatic carbocycles. The summed E-state index contributed by atoms with van der Waals surface area (Å²) >= 11 is 0. The Morgan fingerprint density at radius 3 is 2.70 bits per heavy atom. The standard InChI is InChI=1S/C24H38N2O/c1-16-18-11-14-24(21(27)25-3)20-9-8-17-7-5-6-12-22(17,2)19(20)10-13-23(18,24)15-26(16)4/h8,16,18-20H,5-7,9-15H2,1-4H3,(H,25,27). The van der Waals surface area contributed by atoms with Gasteiger partial charge in [0, 0.05) is 25.0 Å². The predicted octanol–water partition coefficient (Wildman–Crippen LogP) is 4.39. The smallest absolute Gasteiger partial charge is 0.226 e. The van der Waals surface area contributed by atoms with Crippen molar-refractivity contribution in [1.82, 2.24) is 10.2 Å². The number of hydrogen-bond donors (Lipinski definition) is 1. The van der Waals surface area contributed by atoms with Gasteiger partial charge in [-0.3, -0.25) is 4.79 Å². The fraction of sp³-hybridized carbons (Fsp3) is 0.875. The van der Waals surface area contributed by atoms with E-state index in [2.05, 4.69) is 37.2 Å². The van der Waals surface area contributed by atoms with Gasteiger partial charge in [0.15, 0.2) is 0 Å². The van der Waals surface area contributed by atoms with Crippen molar-refractivity contribution in [2.24, 2.45) is 34.0 Å². The van der Waals surface area contributed by atoms with Crippen LogP contribution in [0.2, 0.25) is 0 Å². The van der Waals surface area contributed by atoms with Gasteiger partial charge in [-0.05, 0) is 88.5 Å². The molecule has 1 spiro atoms. The quantitative estimate of drug-likeness (QED) is 0.695. The van der Waals surface area contributed by atoms with Crippen LogP contribution in [-0.4, -0.2) is 37.5 Å². The topological polar surface area (TPSA) is 32.3 Å². The van der Waals surface area contributed by atoms with E-state index in [0.29, 0.717) is 35.1 Å². The van der Waals surface area contributed by atoms with Gasteiger partial charge >= 0.3 is 0 Å². The van der Waals surface area contributed by atoms with E-state index in [4.69, 9.17) is 0 Å². The number of nitrogens with one attached hydrogen (secondary N) is 1. The van der Waals surface area contributed by atoms with Gasteiger partial charge in [-0.1, -0.05) is 25.0 Å². The third-order valence-corrected chi connectivity index (χ3v) is 10.5. The van der Waals surface area contributed by atoms with Crippen LogP contribution in [0.5, 0.6) is 0 Å². The van der Waals surface area contributed by atoms with E-state index >= 15 is 0 Å². The number of carbonyl (C=O) groups excluding carboxylic acids is 1. The number of amides is 1. The van der Waals surface area contributed by atoms with Crippen LogP contribution in [0, 0.1) is 34.0 Å². The summed E-state index contributed by atoms with van der Waals surface area (Å²) in [6.45, 7) is 6.09. The molecule has 0 radical (unpaired) electrons. The van der Waals surface area contributed by atoms with Gasteiger partial charge in [-0.15, -0.1) is 0 Å². The molecule has 1 saturated heterocycles. The van der Waals surface area contributed by atoms with Gasteiger partial charge < -0.3 is 10.2 Å². The fourth-order valence-corrected chi connectivity index (χ4v) is 9.24. The minimum Gasteiger partial charge on any atom is -0.359 e. The third kappa shape index (κ3) is 2.00. The molecule has 5 rings (SSSR count). The molecule has 5 aliphatic rings. The second kappa shape index (κ2) is 5.84. The first-order chi connectivity index (χ1) is 12.9. The van der Waals surface area contributed by atoms with Crippen LogP contribution in [-0.2, 0) is 4.79 Å². The SMILES string of the molecule is CNC(=O)C12CCC3C(C)N(C)CC31CCC1C2CC=C2CCCCC21C. The maximum atomic E-state index is 13.7. The van der Waals surface area contributed by atoms with Gasteiger partial charge in [-0.2, -0.15) is 0 Å². The van der Waals surface area contributed by atoms with Gasteiger partial charge in [-0.25, -0.2) is 0 Å². The molecule has 150 valence electrons. The summed E-state index contributed by atoms with van der Waals surface area (Å²) in [7, 11) is 4.18. The molecule has 3 nitrogen and oxygen atoms in total. The molecule has 3 saturated carbocycles. The Balaban J connectivity index is 1.64.